The molecule has 2 aromatic carbocycles. The van der Waals surface area contributed by atoms with E-state index in [4.69, 9.17) is 0 Å². The minimum absolute atomic E-state index is 0.0375. The third kappa shape index (κ3) is 1.57. The Balaban J connectivity index is 2.20. The number of aliphatic hydroxyl groups excluding tert-OH is 1. The molecule has 0 fully saturated rings. The molecule has 6 heteroatoms. The monoisotopic (exact) mass is 319 g/mol. The van der Waals surface area contributed by atoms with E-state index in [1.54, 1.807) is 13.0 Å². The number of aryl methyl sites for hydroxylation is 1. The molecule has 2 aliphatic carbocycles. The summed E-state index contributed by atoms with van der Waals surface area (Å²) in [4.78, 5) is 12.9. The van der Waals surface area contributed by atoms with E-state index in [-0.39, 0.29) is 50.8 Å². The number of carbonyl (C=O) groups excluding carboxylic acids is 1. The predicted molar refractivity (Wildman–Crippen MR) is 87.4 cm³/mol. The van der Waals surface area contributed by atoms with E-state index >= 15 is 0 Å². The Bertz CT molecular complexity index is 1030. The Hall–Kier alpha value is -3.41. The van der Waals surface area contributed by atoms with Crippen molar-refractivity contribution in [1.82, 2.24) is 0 Å². The minimum atomic E-state index is -0.572. The Morgan fingerprint density at radius 3 is 2.42 bits per heavy atom. The summed E-state index contributed by atoms with van der Waals surface area (Å²) in [6.45, 7) is 1.75. The lowest BCUT2D eigenvalue weighted by atomic mass is 9.84. The SMILES string of the molecule is Cc1cc(O)c2c(c1)C(N=[N-])=C1C(=O)c3c(O)cccc3C(O)=C12. The highest BCUT2D eigenvalue weighted by molar-refractivity contribution is 6.34. The summed E-state index contributed by atoms with van der Waals surface area (Å²) in [5.74, 6) is -1.23. The molecule has 0 amide bonds. The molecule has 0 aromatic heterocycles. The molecule has 0 spiro atoms. The number of Topliss-reactive ketones (excluding diaryl/α,β-unsaturated/α-hetero) is 1. The van der Waals surface area contributed by atoms with E-state index in [1.807, 2.05) is 0 Å². The Morgan fingerprint density at radius 2 is 1.71 bits per heavy atom. The number of aliphatic hydroxyl groups is 1. The zero-order valence-electron chi connectivity index (χ0n) is 12.5. The van der Waals surface area contributed by atoms with Crippen LogP contribution in [0, 0.1) is 6.92 Å². The molecule has 0 radical (unpaired) electrons. The molecule has 2 aromatic rings. The van der Waals surface area contributed by atoms with Gasteiger partial charge in [-0.25, -0.2) is 0 Å². The van der Waals surface area contributed by atoms with E-state index in [2.05, 4.69) is 5.11 Å². The molecule has 0 unspecified atom stereocenters. The minimum Gasteiger partial charge on any atom is -0.706 e. The molecule has 0 saturated carbocycles. The van der Waals surface area contributed by atoms with Crippen molar-refractivity contribution in [3.8, 4) is 11.5 Å². The van der Waals surface area contributed by atoms with Gasteiger partial charge in [0, 0.05) is 22.3 Å². The summed E-state index contributed by atoms with van der Waals surface area (Å²) in [5.41, 5.74) is 10.9. The zero-order valence-corrected chi connectivity index (χ0v) is 12.5. The molecule has 0 heterocycles. The number of aromatic hydroxyl groups is 2. The third-order valence-electron chi connectivity index (χ3n) is 4.34. The van der Waals surface area contributed by atoms with Gasteiger partial charge in [0.05, 0.1) is 16.8 Å². The maximum atomic E-state index is 12.9. The standard InChI is InChI=1S/C18H11N2O4/c1-7-5-9-12(11(22)6-7)14-15(16(9)20-19)18(24)13-8(17(14)23)3-2-4-10(13)21/h2-6,21-23H,1H3/q-1. The molecule has 2 aliphatic rings. The molecule has 4 rings (SSSR count). The number of allylic oxidation sites excluding steroid dienone is 2. The van der Waals surface area contributed by atoms with Crippen molar-refractivity contribution in [2.45, 2.75) is 6.92 Å². The number of phenols is 2. The summed E-state index contributed by atoms with van der Waals surface area (Å²) in [7, 11) is 0. The number of hydrogen-bond donors (Lipinski definition) is 3. The number of nitrogens with zero attached hydrogens (tertiary/aromatic N) is 2. The predicted octanol–water partition coefficient (Wildman–Crippen LogP) is 3.78. The molecule has 0 bridgehead atoms. The smallest absolute Gasteiger partial charge is 0.200 e. The fourth-order valence-electron chi connectivity index (χ4n) is 3.39. The maximum absolute atomic E-state index is 12.9. The second kappa shape index (κ2) is 4.55. The Labute approximate surface area is 136 Å². The lowest BCUT2D eigenvalue weighted by Gasteiger charge is -2.20. The molecule has 24 heavy (non-hydrogen) atoms. The highest BCUT2D eigenvalue weighted by atomic mass is 16.3. The lowest BCUT2D eigenvalue weighted by molar-refractivity contribution is 0.103. The zero-order chi connectivity index (χ0) is 17.2. The van der Waals surface area contributed by atoms with Crippen molar-refractivity contribution >= 4 is 22.8 Å². The Morgan fingerprint density at radius 1 is 0.958 bits per heavy atom. The number of rotatable bonds is 1. The average Bonchev–Trinajstić information content (AvgIpc) is 2.87. The first-order chi connectivity index (χ1) is 11.5. The van der Waals surface area contributed by atoms with Crippen molar-refractivity contribution in [2.24, 2.45) is 5.11 Å². The molecule has 0 atom stereocenters. The summed E-state index contributed by atoms with van der Waals surface area (Å²) in [6.07, 6.45) is 0. The number of carbonyl (C=O) groups is 1. The summed E-state index contributed by atoms with van der Waals surface area (Å²) in [5, 5.41) is 34.2. The first kappa shape index (κ1) is 14.2. The molecule has 6 nitrogen and oxygen atoms in total. The number of fused-ring (bicyclic) bond motifs is 4. The normalized spacial score (nSPS) is 15.3. The maximum Gasteiger partial charge on any atom is 0.200 e. The summed E-state index contributed by atoms with van der Waals surface area (Å²) in [6, 6.07) is 7.52. The molecule has 0 aliphatic heterocycles. The van der Waals surface area contributed by atoms with Gasteiger partial charge in [0.1, 0.15) is 17.3 Å². The van der Waals surface area contributed by atoms with E-state index in [1.165, 1.54) is 24.3 Å². The highest BCUT2D eigenvalue weighted by Crippen LogP contribution is 2.53. The van der Waals surface area contributed by atoms with Gasteiger partial charge >= 0.3 is 0 Å². The van der Waals surface area contributed by atoms with Gasteiger partial charge in [0.25, 0.3) is 0 Å². The second-order valence-corrected chi connectivity index (χ2v) is 5.78. The van der Waals surface area contributed by atoms with Crippen LogP contribution in [0.1, 0.15) is 32.6 Å². The third-order valence-corrected chi connectivity index (χ3v) is 4.34. The number of benzene rings is 2. The highest BCUT2D eigenvalue weighted by Gasteiger charge is 2.41. The van der Waals surface area contributed by atoms with Gasteiger partial charge in [-0.2, -0.15) is 0 Å². The van der Waals surface area contributed by atoms with Crippen molar-refractivity contribution < 1.29 is 20.1 Å². The van der Waals surface area contributed by atoms with E-state index in [9.17, 15) is 25.6 Å². The van der Waals surface area contributed by atoms with Crippen LogP contribution in [0.2, 0.25) is 0 Å². The van der Waals surface area contributed by atoms with Crippen LogP contribution >= 0.6 is 0 Å². The van der Waals surface area contributed by atoms with Crippen LogP contribution in [0.5, 0.6) is 11.5 Å². The average molecular weight is 319 g/mol. The van der Waals surface area contributed by atoms with Crippen molar-refractivity contribution in [3.05, 3.63) is 69.3 Å². The Kier molecular flexibility index (Phi) is 2.69. The van der Waals surface area contributed by atoms with Crippen molar-refractivity contribution in [1.29, 1.82) is 0 Å². The van der Waals surface area contributed by atoms with Gasteiger partial charge in [-0.3, -0.25) is 4.79 Å². The molecular formula is C18H11N2O4-. The first-order valence-corrected chi connectivity index (χ1v) is 7.20. The van der Waals surface area contributed by atoms with Crippen LogP contribution in [-0.4, -0.2) is 21.1 Å². The van der Waals surface area contributed by atoms with E-state index in [0.29, 0.717) is 11.1 Å². The lowest BCUT2D eigenvalue weighted by Crippen LogP contribution is -2.14. The number of phenolic OH excluding ortho intramolecular Hbond substituents is 2. The van der Waals surface area contributed by atoms with Gasteiger partial charge in [-0.1, -0.05) is 12.1 Å². The first-order valence-electron chi connectivity index (χ1n) is 7.20. The van der Waals surface area contributed by atoms with E-state index in [0.717, 1.165) is 0 Å². The molecule has 3 N–H and O–H groups in total. The number of ketones is 1. The van der Waals surface area contributed by atoms with Gasteiger partial charge in [0.15, 0.2) is 5.78 Å². The van der Waals surface area contributed by atoms with Crippen LogP contribution in [0.4, 0.5) is 0 Å². The van der Waals surface area contributed by atoms with Crippen LogP contribution in [0.25, 0.3) is 22.6 Å². The quantitative estimate of drug-likeness (QED) is 0.694. The van der Waals surface area contributed by atoms with Gasteiger partial charge < -0.3 is 26.0 Å². The molecule has 118 valence electrons. The fourth-order valence-corrected chi connectivity index (χ4v) is 3.39. The van der Waals surface area contributed by atoms with Crippen molar-refractivity contribution in [2.75, 3.05) is 0 Å². The van der Waals surface area contributed by atoms with Crippen LogP contribution < -0.4 is 0 Å². The van der Waals surface area contributed by atoms with Crippen LogP contribution in [-0.2, 0) is 0 Å². The van der Waals surface area contributed by atoms with Crippen molar-refractivity contribution in [3.63, 3.8) is 0 Å². The number of hydrogen-bond acceptors (Lipinski definition) is 5. The topological polar surface area (TPSA) is 112 Å². The largest absolute Gasteiger partial charge is 0.706 e. The van der Waals surface area contributed by atoms with Gasteiger partial charge in [0.2, 0.25) is 0 Å². The molecular weight excluding hydrogens is 308 g/mol. The van der Waals surface area contributed by atoms with Crippen LogP contribution in [0.3, 0.4) is 0 Å². The van der Waals surface area contributed by atoms with E-state index < -0.39 is 5.78 Å². The van der Waals surface area contributed by atoms with Crippen LogP contribution in [0.15, 0.2) is 41.0 Å². The molecule has 0 saturated heterocycles. The fraction of sp³-hybridized carbons (Fsp3) is 0.0556. The van der Waals surface area contributed by atoms with Gasteiger partial charge in [-0.05, 0) is 30.7 Å². The summed E-state index contributed by atoms with van der Waals surface area (Å²) >= 11 is 0. The van der Waals surface area contributed by atoms with Gasteiger partial charge in [-0.15, -0.1) is 0 Å². The summed E-state index contributed by atoms with van der Waals surface area (Å²) < 4.78 is 0. The second-order valence-electron chi connectivity index (χ2n) is 5.78.